The number of furan rings is 2. The lowest BCUT2D eigenvalue weighted by molar-refractivity contribution is 0.661. The molecule has 0 amide bonds. The van der Waals surface area contributed by atoms with E-state index in [1.807, 2.05) is 72.8 Å². The van der Waals surface area contributed by atoms with E-state index in [-0.39, 0.29) is 0 Å². The van der Waals surface area contributed by atoms with Crippen molar-refractivity contribution in [3.05, 3.63) is 158 Å². The third-order valence-corrected chi connectivity index (χ3v) is 9.86. The monoisotopic (exact) mass is 654 g/mol. The molecule has 4 heterocycles. The molecular weight excluding hydrogens is 629 g/mol. The van der Waals surface area contributed by atoms with Crippen LogP contribution in [-0.4, -0.2) is 19.5 Å². The maximum Gasteiger partial charge on any atom is 0.164 e. The van der Waals surface area contributed by atoms with Gasteiger partial charge in [-0.3, -0.25) is 0 Å². The highest BCUT2D eigenvalue weighted by molar-refractivity contribution is 6.25. The molecule has 0 atom stereocenters. The van der Waals surface area contributed by atoms with Crippen molar-refractivity contribution in [3.63, 3.8) is 0 Å². The summed E-state index contributed by atoms with van der Waals surface area (Å²) in [5.74, 6) is 1.82. The Hall–Kier alpha value is -7.05. The molecular formula is C45H26N4O2. The average molecular weight is 655 g/mol. The normalized spacial score (nSPS) is 11.9. The Morgan fingerprint density at radius 2 is 0.902 bits per heavy atom. The van der Waals surface area contributed by atoms with E-state index in [1.54, 1.807) is 0 Å². The largest absolute Gasteiger partial charge is 0.455 e. The molecule has 0 N–H and O–H groups in total. The highest BCUT2D eigenvalue weighted by atomic mass is 16.3. The second kappa shape index (κ2) is 10.7. The topological polar surface area (TPSA) is 69.9 Å². The minimum Gasteiger partial charge on any atom is -0.455 e. The molecule has 0 saturated carbocycles. The molecule has 0 aliphatic heterocycles. The Balaban J connectivity index is 1.17. The van der Waals surface area contributed by atoms with Crippen LogP contribution in [0.25, 0.3) is 106 Å². The van der Waals surface area contributed by atoms with E-state index in [2.05, 4.69) is 89.5 Å². The number of aromatic nitrogens is 4. The molecule has 238 valence electrons. The summed E-state index contributed by atoms with van der Waals surface area (Å²) in [5, 5.41) is 6.27. The fourth-order valence-corrected chi connectivity index (χ4v) is 7.62. The Morgan fingerprint density at radius 1 is 0.373 bits per heavy atom. The summed E-state index contributed by atoms with van der Waals surface area (Å²) in [6.45, 7) is 0. The van der Waals surface area contributed by atoms with Crippen LogP contribution < -0.4 is 0 Å². The van der Waals surface area contributed by atoms with Gasteiger partial charge >= 0.3 is 0 Å². The van der Waals surface area contributed by atoms with Gasteiger partial charge in [0.25, 0.3) is 0 Å². The third-order valence-electron chi connectivity index (χ3n) is 9.86. The summed E-state index contributed by atoms with van der Waals surface area (Å²) in [6, 6.07) is 53.7. The van der Waals surface area contributed by atoms with Gasteiger partial charge in [-0.05, 0) is 36.4 Å². The van der Waals surface area contributed by atoms with E-state index in [1.165, 1.54) is 10.8 Å². The Morgan fingerprint density at radius 3 is 1.59 bits per heavy atom. The van der Waals surface area contributed by atoms with Crippen LogP contribution >= 0.6 is 0 Å². The van der Waals surface area contributed by atoms with E-state index in [0.29, 0.717) is 17.5 Å². The summed E-state index contributed by atoms with van der Waals surface area (Å²) in [7, 11) is 0. The number of benzene rings is 7. The number of rotatable bonds is 4. The van der Waals surface area contributed by atoms with Gasteiger partial charge in [0.2, 0.25) is 0 Å². The highest BCUT2D eigenvalue weighted by Crippen LogP contribution is 2.44. The second-order valence-corrected chi connectivity index (χ2v) is 12.8. The summed E-state index contributed by atoms with van der Waals surface area (Å²) < 4.78 is 15.8. The molecule has 6 heteroatoms. The van der Waals surface area contributed by atoms with Crippen LogP contribution in [0, 0.1) is 0 Å². The minimum absolute atomic E-state index is 0.585. The highest BCUT2D eigenvalue weighted by Gasteiger charge is 2.23. The lowest BCUT2D eigenvalue weighted by atomic mass is 10.0. The first-order valence-corrected chi connectivity index (χ1v) is 17.0. The van der Waals surface area contributed by atoms with Crippen molar-refractivity contribution in [1.29, 1.82) is 0 Å². The van der Waals surface area contributed by atoms with Crippen LogP contribution in [0.3, 0.4) is 0 Å². The Bertz CT molecular complexity index is 3030. The van der Waals surface area contributed by atoms with Gasteiger partial charge in [0.1, 0.15) is 16.7 Å². The predicted octanol–water partition coefficient (Wildman–Crippen LogP) is 11.8. The van der Waals surface area contributed by atoms with Crippen molar-refractivity contribution in [2.75, 3.05) is 0 Å². The Kier molecular flexibility index (Phi) is 5.86. The van der Waals surface area contributed by atoms with Crippen LogP contribution in [0.15, 0.2) is 167 Å². The number of hydrogen-bond donors (Lipinski definition) is 0. The summed E-state index contributed by atoms with van der Waals surface area (Å²) >= 11 is 0. The number of fused-ring (bicyclic) bond motifs is 10. The van der Waals surface area contributed by atoms with Crippen molar-refractivity contribution >= 4 is 65.7 Å². The van der Waals surface area contributed by atoms with Gasteiger partial charge in [0.05, 0.1) is 22.1 Å². The lowest BCUT2D eigenvalue weighted by Gasteiger charge is -2.09. The summed E-state index contributed by atoms with van der Waals surface area (Å²) in [6.07, 6.45) is 0. The fraction of sp³-hybridized carbons (Fsp3) is 0. The quantitative estimate of drug-likeness (QED) is 0.189. The average Bonchev–Trinajstić information content (AvgIpc) is 3.88. The molecule has 51 heavy (non-hydrogen) atoms. The van der Waals surface area contributed by atoms with Crippen LogP contribution in [0.5, 0.6) is 0 Å². The van der Waals surface area contributed by atoms with Crippen molar-refractivity contribution in [3.8, 4) is 39.9 Å². The molecule has 0 fully saturated rings. The first-order chi connectivity index (χ1) is 25.3. The van der Waals surface area contributed by atoms with Crippen molar-refractivity contribution in [1.82, 2.24) is 19.5 Å². The van der Waals surface area contributed by atoms with Gasteiger partial charge in [-0.1, -0.05) is 121 Å². The summed E-state index contributed by atoms with van der Waals surface area (Å²) in [4.78, 5) is 15.0. The van der Waals surface area contributed by atoms with Gasteiger partial charge < -0.3 is 13.4 Å². The summed E-state index contributed by atoms with van der Waals surface area (Å²) in [5.41, 5.74) is 9.08. The molecule has 7 aromatic carbocycles. The molecule has 0 bridgehead atoms. The van der Waals surface area contributed by atoms with E-state index < -0.39 is 0 Å². The lowest BCUT2D eigenvalue weighted by Crippen LogP contribution is -2.00. The first kappa shape index (κ1) is 27.9. The van der Waals surface area contributed by atoms with E-state index in [4.69, 9.17) is 23.8 Å². The minimum atomic E-state index is 0.585. The van der Waals surface area contributed by atoms with Crippen molar-refractivity contribution in [2.45, 2.75) is 0 Å². The molecule has 0 radical (unpaired) electrons. The van der Waals surface area contributed by atoms with E-state index >= 15 is 0 Å². The van der Waals surface area contributed by atoms with Crippen LogP contribution in [0.4, 0.5) is 0 Å². The Labute approximate surface area is 290 Å². The van der Waals surface area contributed by atoms with Gasteiger partial charge in [-0.15, -0.1) is 0 Å². The molecule has 0 aliphatic rings. The standard InChI is InChI=1S/C45H26N4O2/c1-3-13-27(14-4-1)43-46-44(28-15-5-2-6-16-28)48-45(47-43)33-20-12-24-37-39(33)32-25-26-38-40(42(32)51-37)31-19-11-23-36(41(31)50-38)49-34-21-9-7-17-29(34)30-18-8-10-22-35(30)49/h1-26H. The molecule has 0 spiro atoms. The zero-order chi connectivity index (χ0) is 33.5. The zero-order valence-electron chi connectivity index (χ0n) is 27.1. The van der Waals surface area contributed by atoms with Crippen molar-refractivity contribution in [2.24, 2.45) is 0 Å². The molecule has 11 rings (SSSR count). The first-order valence-electron chi connectivity index (χ1n) is 17.0. The molecule has 6 nitrogen and oxygen atoms in total. The van der Waals surface area contributed by atoms with Crippen LogP contribution in [-0.2, 0) is 0 Å². The molecule has 0 unspecified atom stereocenters. The van der Waals surface area contributed by atoms with Gasteiger partial charge in [0.15, 0.2) is 23.1 Å². The van der Waals surface area contributed by atoms with E-state index in [9.17, 15) is 0 Å². The van der Waals surface area contributed by atoms with E-state index in [0.717, 1.165) is 77.3 Å². The van der Waals surface area contributed by atoms with Crippen molar-refractivity contribution < 1.29 is 8.83 Å². The SMILES string of the molecule is c1ccc(-c2nc(-c3ccccc3)nc(-c3cccc4oc5c(ccc6oc7c(-n8c9ccccc9c9ccccc98)cccc7c65)c34)n2)cc1. The zero-order valence-corrected chi connectivity index (χ0v) is 27.1. The number of para-hydroxylation sites is 3. The maximum atomic E-state index is 6.76. The third kappa shape index (κ3) is 4.14. The number of hydrogen-bond acceptors (Lipinski definition) is 5. The smallest absolute Gasteiger partial charge is 0.164 e. The number of nitrogens with zero attached hydrogens (tertiary/aromatic N) is 4. The van der Waals surface area contributed by atoms with Crippen LogP contribution in [0.2, 0.25) is 0 Å². The second-order valence-electron chi connectivity index (χ2n) is 12.8. The predicted molar refractivity (Wildman–Crippen MR) is 205 cm³/mol. The molecule has 11 aromatic rings. The van der Waals surface area contributed by atoms with Gasteiger partial charge in [0, 0.05) is 43.6 Å². The van der Waals surface area contributed by atoms with Gasteiger partial charge in [-0.25, -0.2) is 15.0 Å². The fourth-order valence-electron chi connectivity index (χ4n) is 7.62. The molecule has 0 aliphatic carbocycles. The maximum absolute atomic E-state index is 6.76. The van der Waals surface area contributed by atoms with Gasteiger partial charge in [-0.2, -0.15) is 0 Å². The molecule has 0 saturated heterocycles. The van der Waals surface area contributed by atoms with Crippen LogP contribution in [0.1, 0.15) is 0 Å². The molecule has 4 aromatic heterocycles.